The lowest BCUT2D eigenvalue weighted by atomic mass is 9.98. The van der Waals surface area contributed by atoms with E-state index in [0.717, 1.165) is 27.8 Å². The molecule has 3 aromatic carbocycles. The van der Waals surface area contributed by atoms with E-state index in [1.807, 2.05) is 62.4 Å². The van der Waals surface area contributed by atoms with Crippen LogP contribution in [0.15, 0.2) is 72.8 Å². The number of fused-ring (bicyclic) bond motifs is 3. The van der Waals surface area contributed by atoms with Gasteiger partial charge in [-0.05, 0) is 70.9 Å². The van der Waals surface area contributed by atoms with Crippen molar-refractivity contribution in [2.75, 3.05) is 11.9 Å². The Morgan fingerprint density at radius 3 is 1.89 bits per heavy atom. The van der Waals surface area contributed by atoms with Gasteiger partial charge in [0.15, 0.2) is 8.32 Å². The lowest BCUT2D eigenvalue weighted by molar-refractivity contribution is -0.128. The van der Waals surface area contributed by atoms with E-state index < -0.39 is 32.4 Å². The Morgan fingerprint density at radius 2 is 1.36 bits per heavy atom. The zero-order valence-electron chi connectivity index (χ0n) is 27.7. The maximum Gasteiger partial charge on any atom is 0.407 e. The normalized spacial score (nSPS) is 14.2. The van der Waals surface area contributed by atoms with Crippen LogP contribution in [-0.4, -0.2) is 44.9 Å². The summed E-state index contributed by atoms with van der Waals surface area (Å²) in [6, 6.07) is 22.0. The number of benzene rings is 3. The molecule has 0 unspecified atom stereocenters. The highest BCUT2D eigenvalue weighted by Crippen LogP contribution is 2.44. The van der Waals surface area contributed by atoms with Gasteiger partial charge in [-0.15, -0.1) is 0 Å². The quantitative estimate of drug-likeness (QED) is 0.194. The largest absolute Gasteiger partial charge is 0.449 e. The highest BCUT2D eigenvalue weighted by molar-refractivity contribution is 6.74. The molecule has 3 aromatic rings. The maximum absolute atomic E-state index is 13.2. The Balaban J connectivity index is 1.28. The second-order valence-electron chi connectivity index (χ2n) is 13.7. The first-order valence-electron chi connectivity index (χ1n) is 15.6. The number of hydrogen-bond acceptors (Lipinski definition) is 5. The minimum atomic E-state index is -1.87. The summed E-state index contributed by atoms with van der Waals surface area (Å²) in [4.78, 5) is 39.0. The van der Waals surface area contributed by atoms with Crippen LogP contribution in [0, 0.1) is 5.92 Å². The molecule has 240 valence electrons. The molecule has 2 atom stereocenters. The minimum Gasteiger partial charge on any atom is -0.449 e. The van der Waals surface area contributed by atoms with E-state index in [9.17, 15) is 14.4 Å². The van der Waals surface area contributed by atoms with Crippen molar-refractivity contribution in [3.8, 4) is 11.1 Å². The zero-order chi connectivity index (χ0) is 32.9. The molecule has 3 amide bonds. The van der Waals surface area contributed by atoms with Crippen LogP contribution in [0.3, 0.4) is 0 Å². The molecule has 9 heteroatoms. The number of hydrogen-bond donors (Lipinski definition) is 3. The minimum absolute atomic E-state index is 0.0861. The van der Waals surface area contributed by atoms with Crippen LogP contribution in [0.5, 0.6) is 0 Å². The van der Waals surface area contributed by atoms with E-state index in [1.165, 1.54) is 0 Å². The van der Waals surface area contributed by atoms with Gasteiger partial charge in [0.2, 0.25) is 11.8 Å². The zero-order valence-corrected chi connectivity index (χ0v) is 28.7. The molecule has 1 aliphatic rings. The molecule has 3 N–H and O–H groups in total. The van der Waals surface area contributed by atoms with Crippen LogP contribution in [0.2, 0.25) is 18.1 Å². The summed E-state index contributed by atoms with van der Waals surface area (Å²) in [6.45, 7) is 17.0. The standard InChI is InChI=1S/C36H47N3O5Si/c1-23(2)32(39-35(42)43-22-31-29-15-11-9-13-27(29)28-14-10-12-16-30(28)31)34(41)37-24(3)33(40)38-26-19-17-25(18-20-26)21-44-45(7,8)36(4,5)6/h9-20,23-24,31-32H,21-22H2,1-8H3,(H,37,41)(H,38,40)(H,39,42)/t24-,32-/m0/s1. The van der Waals surface area contributed by atoms with Crippen molar-refractivity contribution in [2.45, 2.75) is 84.3 Å². The van der Waals surface area contributed by atoms with Crippen LogP contribution in [0.1, 0.15) is 64.2 Å². The van der Waals surface area contributed by atoms with E-state index in [4.69, 9.17) is 9.16 Å². The number of anilines is 1. The van der Waals surface area contributed by atoms with Crippen molar-refractivity contribution in [2.24, 2.45) is 5.92 Å². The predicted molar refractivity (Wildman–Crippen MR) is 181 cm³/mol. The monoisotopic (exact) mass is 629 g/mol. The lowest BCUT2D eigenvalue weighted by Crippen LogP contribution is -2.53. The summed E-state index contributed by atoms with van der Waals surface area (Å²) in [5.41, 5.74) is 6.14. The van der Waals surface area contributed by atoms with Gasteiger partial charge in [-0.2, -0.15) is 0 Å². The maximum atomic E-state index is 13.2. The number of carbonyl (C=O) groups is 3. The van der Waals surface area contributed by atoms with Gasteiger partial charge in [0.25, 0.3) is 0 Å². The third-order valence-corrected chi connectivity index (χ3v) is 13.4. The molecule has 0 saturated carbocycles. The topological polar surface area (TPSA) is 106 Å². The molecular formula is C36H47N3O5Si. The Hall–Kier alpha value is -3.95. The molecular weight excluding hydrogens is 582 g/mol. The van der Waals surface area contributed by atoms with E-state index in [1.54, 1.807) is 6.92 Å². The van der Waals surface area contributed by atoms with Crippen molar-refractivity contribution in [1.29, 1.82) is 0 Å². The van der Waals surface area contributed by atoms with Gasteiger partial charge in [-0.3, -0.25) is 9.59 Å². The van der Waals surface area contributed by atoms with Crippen LogP contribution < -0.4 is 16.0 Å². The fraction of sp³-hybridized carbons (Fsp3) is 0.417. The van der Waals surface area contributed by atoms with Gasteiger partial charge in [-0.25, -0.2) is 4.79 Å². The first-order valence-corrected chi connectivity index (χ1v) is 18.5. The van der Waals surface area contributed by atoms with Crippen LogP contribution in [0.25, 0.3) is 11.1 Å². The molecule has 8 nitrogen and oxygen atoms in total. The molecule has 0 aromatic heterocycles. The van der Waals surface area contributed by atoms with Crippen molar-refractivity contribution in [3.63, 3.8) is 0 Å². The number of ether oxygens (including phenoxy) is 1. The fourth-order valence-electron chi connectivity index (χ4n) is 5.09. The first-order chi connectivity index (χ1) is 21.2. The van der Waals surface area contributed by atoms with Gasteiger partial charge >= 0.3 is 6.09 Å². The van der Waals surface area contributed by atoms with Crippen LogP contribution >= 0.6 is 0 Å². The molecule has 1 aliphatic carbocycles. The Labute approximate surface area is 268 Å². The number of alkyl carbamates (subject to hydrolysis) is 1. The van der Waals surface area contributed by atoms with Crippen LogP contribution in [-0.2, 0) is 25.4 Å². The second-order valence-corrected chi connectivity index (χ2v) is 18.5. The van der Waals surface area contributed by atoms with Gasteiger partial charge in [0.05, 0.1) is 6.61 Å². The summed E-state index contributed by atoms with van der Waals surface area (Å²) in [5.74, 6) is -1.14. The number of nitrogens with one attached hydrogen (secondary N) is 3. The van der Waals surface area contributed by atoms with E-state index >= 15 is 0 Å². The number of carbonyl (C=O) groups excluding carboxylic acids is 3. The number of rotatable bonds is 11. The summed E-state index contributed by atoms with van der Waals surface area (Å²) in [5, 5.41) is 8.42. The highest BCUT2D eigenvalue weighted by Gasteiger charge is 2.37. The average molecular weight is 630 g/mol. The molecule has 0 bridgehead atoms. The van der Waals surface area contributed by atoms with Crippen molar-refractivity contribution in [3.05, 3.63) is 89.5 Å². The predicted octanol–water partition coefficient (Wildman–Crippen LogP) is 7.21. The molecule has 0 aliphatic heterocycles. The van der Waals surface area contributed by atoms with Crippen molar-refractivity contribution < 1.29 is 23.5 Å². The van der Waals surface area contributed by atoms with Crippen LogP contribution in [0.4, 0.5) is 10.5 Å². The molecule has 0 radical (unpaired) electrons. The summed E-state index contributed by atoms with van der Waals surface area (Å²) >= 11 is 0. The Morgan fingerprint density at radius 1 is 0.800 bits per heavy atom. The van der Waals surface area contributed by atoms with Crippen molar-refractivity contribution in [1.82, 2.24) is 10.6 Å². The van der Waals surface area contributed by atoms with Crippen molar-refractivity contribution >= 4 is 31.9 Å². The van der Waals surface area contributed by atoms with Gasteiger partial charge in [0.1, 0.15) is 18.7 Å². The van der Waals surface area contributed by atoms with E-state index in [-0.39, 0.29) is 29.4 Å². The lowest BCUT2D eigenvalue weighted by Gasteiger charge is -2.36. The summed E-state index contributed by atoms with van der Waals surface area (Å²) in [7, 11) is -1.87. The van der Waals surface area contributed by atoms with Gasteiger partial charge in [-0.1, -0.05) is 95.3 Å². The van der Waals surface area contributed by atoms with E-state index in [2.05, 4.69) is 74.1 Å². The third-order valence-electron chi connectivity index (χ3n) is 8.95. The molecule has 0 spiro atoms. The average Bonchev–Trinajstić information content (AvgIpc) is 3.31. The molecule has 0 heterocycles. The molecule has 4 rings (SSSR count). The second kappa shape index (κ2) is 14.0. The van der Waals surface area contributed by atoms with Gasteiger partial charge in [0, 0.05) is 11.6 Å². The molecule has 0 fully saturated rings. The van der Waals surface area contributed by atoms with Gasteiger partial charge < -0.3 is 25.1 Å². The van der Waals surface area contributed by atoms with E-state index in [0.29, 0.717) is 12.3 Å². The number of amides is 3. The first kappa shape index (κ1) is 33.9. The smallest absolute Gasteiger partial charge is 0.407 e. The SMILES string of the molecule is CC(C)[C@H](NC(=O)OCC1c2ccccc2-c2ccccc21)C(=O)N[C@@H](C)C(=O)Nc1ccc(CO[Si](C)(C)C(C)(C)C)cc1. The highest BCUT2D eigenvalue weighted by atomic mass is 28.4. The molecule has 0 saturated heterocycles. The fourth-order valence-corrected chi connectivity index (χ4v) is 6.05. The summed E-state index contributed by atoms with van der Waals surface area (Å²) < 4.78 is 11.9. The summed E-state index contributed by atoms with van der Waals surface area (Å²) in [6.07, 6.45) is -0.680. The third kappa shape index (κ3) is 8.21. The Kier molecular flexibility index (Phi) is 10.6. The Bertz CT molecular complexity index is 1470. The molecule has 45 heavy (non-hydrogen) atoms.